The highest BCUT2D eigenvalue weighted by atomic mass is 16.5. The minimum Gasteiger partial charge on any atom is -0.490 e. The van der Waals surface area contributed by atoms with Gasteiger partial charge in [-0.25, -0.2) is 0 Å². The summed E-state index contributed by atoms with van der Waals surface area (Å²) in [6.07, 6.45) is 6.00. The molecule has 0 saturated carbocycles. The second kappa shape index (κ2) is 20.9. The smallest absolute Gasteiger partial charge is 0.222 e. The lowest BCUT2D eigenvalue weighted by molar-refractivity contribution is -0.125. The molecule has 232 valence electrons. The third-order valence-corrected chi connectivity index (χ3v) is 7.40. The van der Waals surface area contributed by atoms with E-state index in [9.17, 15) is 9.90 Å². The van der Waals surface area contributed by atoms with E-state index in [1.54, 1.807) is 7.11 Å². The fourth-order valence-corrected chi connectivity index (χ4v) is 4.62. The van der Waals surface area contributed by atoms with Crippen LogP contribution in [0, 0.1) is 17.8 Å². The number of carbonyl (C=O) groups is 1. The number of benzene rings is 1. The first-order chi connectivity index (χ1) is 19.1. The van der Waals surface area contributed by atoms with Crippen LogP contribution in [0.4, 0.5) is 0 Å². The van der Waals surface area contributed by atoms with Crippen molar-refractivity contribution in [1.29, 1.82) is 0 Å². The highest BCUT2D eigenvalue weighted by Gasteiger charge is 2.26. The summed E-state index contributed by atoms with van der Waals surface area (Å²) >= 11 is 0. The molecule has 4 unspecified atom stereocenters. The number of hydrogen-bond acceptors (Lipinski definition) is 7. The number of ether oxygens (including phenoxy) is 3. The summed E-state index contributed by atoms with van der Waals surface area (Å²) in [5.74, 6) is 1.90. The lowest BCUT2D eigenvalue weighted by Gasteiger charge is -2.28. The fourth-order valence-electron chi connectivity index (χ4n) is 4.62. The Balaban J connectivity index is 2.82. The number of nitrogens with one attached hydrogen (secondary N) is 1. The first-order valence-electron chi connectivity index (χ1n) is 15.3. The summed E-state index contributed by atoms with van der Waals surface area (Å²) in [6.45, 7) is 11.9. The molecule has 0 spiro atoms. The molecule has 0 aliphatic heterocycles. The van der Waals surface area contributed by atoms with Gasteiger partial charge in [-0.15, -0.1) is 0 Å². The lowest BCUT2D eigenvalue weighted by Crippen LogP contribution is -2.41. The predicted octanol–water partition coefficient (Wildman–Crippen LogP) is 4.66. The molecule has 1 aromatic rings. The van der Waals surface area contributed by atoms with Gasteiger partial charge in [0.05, 0.1) is 19.3 Å². The number of carbonyl (C=O) groups excluding carboxylic acids is 1. The van der Waals surface area contributed by atoms with Gasteiger partial charge in [0.1, 0.15) is 0 Å². The van der Waals surface area contributed by atoms with E-state index in [2.05, 4.69) is 57.2 Å². The molecule has 0 fully saturated rings. The topological polar surface area (TPSA) is 106 Å². The van der Waals surface area contributed by atoms with Crippen LogP contribution in [-0.2, 0) is 16.0 Å². The van der Waals surface area contributed by atoms with E-state index in [4.69, 9.17) is 19.9 Å². The minimum absolute atomic E-state index is 0.0156. The van der Waals surface area contributed by atoms with Crippen LogP contribution in [0.1, 0.15) is 78.2 Å². The number of rotatable bonds is 23. The fraction of sp³-hybridized carbons (Fsp3) is 0.781. The predicted molar refractivity (Wildman–Crippen MR) is 164 cm³/mol. The number of unbranched alkanes of at least 4 members (excludes halogenated alkanes) is 2. The summed E-state index contributed by atoms with van der Waals surface area (Å²) in [4.78, 5) is 14.5. The van der Waals surface area contributed by atoms with Gasteiger partial charge in [-0.2, -0.15) is 0 Å². The highest BCUT2D eigenvalue weighted by Crippen LogP contribution is 2.32. The Morgan fingerprint density at radius 2 is 1.70 bits per heavy atom. The third kappa shape index (κ3) is 15.2. The largest absolute Gasteiger partial charge is 0.490 e. The molecule has 1 rings (SSSR count). The van der Waals surface area contributed by atoms with E-state index < -0.39 is 12.1 Å². The zero-order chi connectivity index (χ0) is 29.9. The number of nitrogens with two attached hydrogens (primary N) is 1. The van der Waals surface area contributed by atoms with Crippen molar-refractivity contribution < 1.29 is 24.1 Å². The Labute approximate surface area is 244 Å². The molecular formula is C32H59N3O5. The molecule has 0 aliphatic rings. The van der Waals surface area contributed by atoms with Crippen LogP contribution in [0.5, 0.6) is 11.5 Å². The number of hydrogen-bond donors (Lipinski definition) is 3. The summed E-state index contributed by atoms with van der Waals surface area (Å²) in [6, 6.07) is 5.81. The first kappa shape index (κ1) is 36.2. The molecular weight excluding hydrogens is 506 g/mol. The number of aliphatic hydroxyl groups is 1. The highest BCUT2D eigenvalue weighted by molar-refractivity contribution is 5.78. The van der Waals surface area contributed by atoms with Crippen LogP contribution in [0.2, 0.25) is 0 Å². The molecule has 0 aromatic heterocycles. The summed E-state index contributed by atoms with van der Waals surface area (Å²) in [7, 11) is 5.86. The van der Waals surface area contributed by atoms with Crippen LogP contribution in [0.25, 0.3) is 0 Å². The SMILES string of the molecule is CCCCNC(=O)C(C)CC(O)C(N)CC(Cc1ccc(OCCCCN(C)C)c(OCCCOC)c1)C(C)C. The van der Waals surface area contributed by atoms with Crippen molar-refractivity contribution in [2.24, 2.45) is 23.5 Å². The van der Waals surface area contributed by atoms with Gasteiger partial charge in [-0.3, -0.25) is 4.79 Å². The van der Waals surface area contributed by atoms with Crippen molar-refractivity contribution in [2.45, 2.75) is 91.2 Å². The van der Waals surface area contributed by atoms with E-state index in [-0.39, 0.29) is 17.7 Å². The average molecular weight is 566 g/mol. The molecule has 1 aromatic carbocycles. The van der Waals surface area contributed by atoms with Gasteiger partial charge in [-0.1, -0.05) is 40.2 Å². The van der Waals surface area contributed by atoms with Gasteiger partial charge in [0.2, 0.25) is 5.91 Å². The minimum atomic E-state index is -0.726. The summed E-state index contributed by atoms with van der Waals surface area (Å²) in [5, 5.41) is 13.8. The molecule has 8 nitrogen and oxygen atoms in total. The lowest BCUT2D eigenvalue weighted by atomic mass is 9.82. The van der Waals surface area contributed by atoms with Crippen molar-refractivity contribution in [3.63, 3.8) is 0 Å². The molecule has 4 N–H and O–H groups in total. The van der Waals surface area contributed by atoms with E-state index in [1.807, 2.05) is 13.0 Å². The van der Waals surface area contributed by atoms with Crippen molar-refractivity contribution >= 4 is 5.91 Å². The maximum Gasteiger partial charge on any atom is 0.222 e. The quantitative estimate of drug-likeness (QED) is 0.166. The Hall–Kier alpha value is -1.87. The maximum atomic E-state index is 12.3. The van der Waals surface area contributed by atoms with Gasteiger partial charge in [-0.05, 0) is 88.7 Å². The average Bonchev–Trinajstić information content (AvgIpc) is 2.91. The van der Waals surface area contributed by atoms with Crippen LogP contribution in [-0.4, -0.2) is 82.2 Å². The number of nitrogens with zero attached hydrogens (tertiary/aromatic N) is 1. The second-order valence-electron chi connectivity index (χ2n) is 11.8. The third-order valence-electron chi connectivity index (χ3n) is 7.40. The second-order valence-corrected chi connectivity index (χ2v) is 11.8. The van der Waals surface area contributed by atoms with Gasteiger partial charge in [0, 0.05) is 38.6 Å². The van der Waals surface area contributed by atoms with Crippen LogP contribution >= 0.6 is 0 Å². The van der Waals surface area contributed by atoms with E-state index in [0.717, 1.165) is 62.1 Å². The van der Waals surface area contributed by atoms with Crippen LogP contribution in [0.15, 0.2) is 18.2 Å². The Bertz CT molecular complexity index is 805. The summed E-state index contributed by atoms with van der Waals surface area (Å²) < 4.78 is 17.4. The molecule has 1 amide bonds. The molecule has 0 radical (unpaired) electrons. The normalized spacial score (nSPS) is 14.7. The number of methoxy groups -OCH3 is 1. The molecule has 0 aliphatic carbocycles. The van der Waals surface area contributed by atoms with Crippen LogP contribution < -0.4 is 20.5 Å². The standard InChI is InChI=1S/C32H59N3O5/c1-8-9-15-34-32(37)25(4)20-29(36)28(33)23-27(24(2)3)21-26-13-14-30(39-18-11-10-16-35(5)6)31(22-26)40-19-12-17-38-7/h13-14,22,24-25,27-29,36H,8-12,15-21,23,33H2,1-7H3,(H,34,37). The molecule has 0 bridgehead atoms. The monoisotopic (exact) mass is 565 g/mol. The molecule has 8 heteroatoms. The zero-order valence-electron chi connectivity index (χ0n) is 26.4. The Kier molecular flexibility index (Phi) is 18.9. The first-order valence-corrected chi connectivity index (χ1v) is 15.3. The van der Waals surface area contributed by atoms with Crippen LogP contribution in [0.3, 0.4) is 0 Å². The van der Waals surface area contributed by atoms with Gasteiger partial charge >= 0.3 is 0 Å². The maximum absolute atomic E-state index is 12.3. The van der Waals surface area contributed by atoms with Gasteiger partial charge in [0.25, 0.3) is 0 Å². The van der Waals surface area contributed by atoms with E-state index in [0.29, 0.717) is 45.1 Å². The Morgan fingerprint density at radius 3 is 2.35 bits per heavy atom. The molecule has 0 heterocycles. The number of aliphatic hydroxyl groups excluding tert-OH is 1. The van der Waals surface area contributed by atoms with Crippen molar-refractivity contribution in [3.8, 4) is 11.5 Å². The van der Waals surface area contributed by atoms with E-state index in [1.165, 1.54) is 0 Å². The van der Waals surface area contributed by atoms with Crippen molar-refractivity contribution in [2.75, 3.05) is 54.1 Å². The van der Waals surface area contributed by atoms with Crippen molar-refractivity contribution in [1.82, 2.24) is 10.2 Å². The van der Waals surface area contributed by atoms with Gasteiger partial charge in [0.15, 0.2) is 11.5 Å². The zero-order valence-corrected chi connectivity index (χ0v) is 26.4. The number of amides is 1. The van der Waals surface area contributed by atoms with Crippen molar-refractivity contribution in [3.05, 3.63) is 23.8 Å². The summed E-state index contributed by atoms with van der Waals surface area (Å²) in [5.41, 5.74) is 7.64. The van der Waals surface area contributed by atoms with E-state index >= 15 is 0 Å². The molecule has 40 heavy (non-hydrogen) atoms. The molecule has 0 saturated heterocycles. The molecule has 4 atom stereocenters. The van der Waals surface area contributed by atoms with Gasteiger partial charge < -0.3 is 35.3 Å². The Morgan fingerprint density at radius 1 is 1.00 bits per heavy atom.